The van der Waals surface area contributed by atoms with Crippen LogP contribution in [0.5, 0.6) is 5.88 Å². The summed E-state index contributed by atoms with van der Waals surface area (Å²) >= 11 is 0. The first-order chi connectivity index (χ1) is 13.6. The highest BCUT2D eigenvalue weighted by molar-refractivity contribution is 5.89. The van der Waals surface area contributed by atoms with Gasteiger partial charge < -0.3 is 10.5 Å². The number of fused-ring (bicyclic) bond motifs is 1. The molecule has 0 aliphatic carbocycles. The van der Waals surface area contributed by atoms with E-state index >= 15 is 0 Å². The van der Waals surface area contributed by atoms with Gasteiger partial charge >= 0.3 is 0 Å². The van der Waals surface area contributed by atoms with Gasteiger partial charge in [-0.2, -0.15) is 4.98 Å². The van der Waals surface area contributed by atoms with Gasteiger partial charge in [-0.15, -0.1) is 0 Å². The fourth-order valence-corrected chi connectivity index (χ4v) is 3.20. The number of pyridine rings is 1. The number of ether oxygens (including phenoxy) is 1. The summed E-state index contributed by atoms with van der Waals surface area (Å²) in [4.78, 5) is 13.6. The van der Waals surface area contributed by atoms with Gasteiger partial charge in [0, 0.05) is 24.0 Å². The molecule has 28 heavy (non-hydrogen) atoms. The second-order valence-electron chi connectivity index (χ2n) is 6.90. The van der Waals surface area contributed by atoms with Crippen LogP contribution in [-0.4, -0.2) is 15.0 Å². The molecule has 0 aliphatic heterocycles. The van der Waals surface area contributed by atoms with E-state index in [4.69, 9.17) is 20.4 Å². The molecule has 4 rings (SSSR count). The van der Waals surface area contributed by atoms with Crippen LogP contribution in [0.3, 0.4) is 0 Å². The number of hydrogen-bond acceptors (Lipinski definition) is 5. The van der Waals surface area contributed by atoms with Gasteiger partial charge in [-0.05, 0) is 48.7 Å². The molecule has 5 nitrogen and oxygen atoms in total. The van der Waals surface area contributed by atoms with E-state index in [0.29, 0.717) is 18.3 Å². The second kappa shape index (κ2) is 7.74. The van der Waals surface area contributed by atoms with E-state index in [1.165, 1.54) is 0 Å². The second-order valence-corrected chi connectivity index (χ2v) is 6.90. The topological polar surface area (TPSA) is 73.9 Å². The van der Waals surface area contributed by atoms with Gasteiger partial charge in [0.15, 0.2) is 5.82 Å². The van der Waals surface area contributed by atoms with Gasteiger partial charge in [-0.25, -0.2) is 4.98 Å². The molecule has 2 aromatic heterocycles. The van der Waals surface area contributed by atoms with Crippen LogP contribution in [-0.2, 0) is 6.61 Å². The summed E-state index contributed by atoms with van der Waals surface area (Å²) < 4.78 is 6.15. The Labute approximate surface area is 164 Å². The first-order valence-corrected chi connectivity index (χ1v) is 9.27. The van der Waals surface area contributed by atoms with Crippen molar-refractivity contribution in [3.63, 3.8) is 0 Å². The lowest BCUT2D eigenvalue weighted by Crippen LogP contribution is -2.08. The van der Waals surface area contributed by atoms with Crippen LogP contribution in [0.2, 0.25) is 0 Å². The SMILES string of the molecule is Cc1cc(C(C)N)c2nc(-c3ccncc3)nc(OCc3ccccc3)c2c1. The molecule has 0 saturated carbocycles. The van der Waals surface area contributed by atoms with Crippen molar-refractivity contribution < 1.29 is 4.74 Å². The van der Waals surface area contributed by atoms with Crippen molar-refractivity contribution in [2.45, 2.75) is 26.5 Å². The summed E-state index contributed by atoms with van der Waals surface area (Å²) in [5.74, 6) is 1.16. The van der Waals surface area contributed by atoms with E-state index < -0.39 is 0 Å². The predicted molar refractivity (Wildman–Crippen MR) is 111 cm³/mol. The lowest BCUT2D eigenvalue weighted by Gasteiger charge is -2.15. The van der Waals surface area contributed by atoms with E-state index in [0.717, 1.165) is 33.2 Å². The van der Waals surface area contributed by atoms with Crippen molar-refractivity contribution in [1.29, 1.82) is 0 Å². The highest BCUT2D eigenvalue weighted by Gasteiger charge is 2.16. The third-order valence-corrected chi connectivity index (χ3v) is 4.59. The van der Waals surface area contributed by atoms with Crippen LogP contribution in [0.25, 0.3) is 22.3 Å². The number of nitrogens with zero attached hydrogens (tertiary/aromatic N) is 3. The molecule has 1 unspecified atom stereocenters. The number of nitrogens with two attached hydrogens (primary N) is 1. The van der Waals surface area contributed by atoms with Crippen LogP contribution >= 0.6 is 0 Å². The molecule has 0 saturated heterocycles. The molecular weight excluding hydrogens is 348 g/mol. The van der Waals surface area contributed by atoms with E-state index in [2.05, 4.69) is 17.1 Å². The zero-order valence-electron chi connectivity index (χ0n) is 16.0. The Bertz CT molecular complexity index is 1100. The standard InChI is InChI=1S/C23H22N4O/c1-15-12-19(16(2)24)21-20(13-15)23(28-14-17-6-4-3-5-7-17)27-22(26-21)18-8-10-25-11-9-18/h3-13,16H,14,24H2,1-2H3. The average molecular weight is 370 g/mol. The number of rotatable bonds is 5. The zero-order valence-corrected chi connectivity index (χ0v) is 16.0. The fraction of sp³-hybridized carbons (Fsp3) is 0.174. The van der Waals surface area contributed by atoms with Crippen LogP contribution in [0.15, 0.2) is 67.0 Å². The van der Waals surface area contributed by atoms with E-state index in [1.54, 1.807) is 12.4 Å². The molecule has 0 aliphatic rings. The molecule has 4 aromatic rings. The monoisotopic (exact) mass is 370 g/mol. The number of aryl methyl sites for hydroxylation is 1. The van der Waals surface area contributed by atoms with E-state index in [9.17, 15) is 0 Å². The zero-order chi connectivity index (χ0) is 19.5. The van der Waals surface area contributed by atoms with Crippen LogP contribution in [0.1, 0.15) is 29.7 Å². The summed E-state index contributed by atoms with van der Waals surface area (Å²) in [5.41, 5.74) is 11.1. The van der Waals surface area contributed by atoms with Gasteiger partial charge in [0.25, 0.3) is 0 Å². The van der Waals surface area contributed by atoms with Crippen molar-refractivity contribution in [3.8, 4) is 17.3 Å². The number of aromatic nitrogens is 3. The normalized spacial score (nSPS) is 12.1. The van der Waals surface area contributed by atoms with Gasteiger partial charge in [-0.3, -0.25) is 4.98 Å². The predicted octanol–water partition coefficient (Wildman–Crippen LogP) is 4.60. The van der Waals surface area contributed by atoms with Crippen molar-refractivity contribution in [1.82, 2.24) is 15.0 Å². The molecule has 1 atom stereocenters. The van der Waals surface area contributed by atoms with Gasteiger partial charge in [0.1, 0.15) is 6.61 Å². The third kappa shape index (κ3) is 3.70. The fourth-order valence-electron chi connectivity index (χ4n) is 3.20. The van der Waals surface area contributed by atoms with Crippen LogP contribution in [0, 0.1) is 6.92 Å². The Morgan fingerprint density at radius 1 is 1.00 bits per heavy atom. The minimum Gasteiger partial charge on any atom is -0.472 e. The summed E-state index contributed by atoms with van der Waals surface area (Å²) in [5, 5.41) is 0.876. The van der Waals surface area contributed by atoms with Crippen molar-refractivity contribution in [3.05, 3.63) is 83.7 Å². The van der Waals surface area contributed by atoms with Gasteiger partial charge in [0.2, 0.25) is 5.88 Å². The van der Waals surface area contributed by atoms with Gasteiger partial charge in [0.05, 0.1) is 10.9 Å². The Balaban J connectivity index is 1.87. The maximum Gasteiger partial charge on any atom is 0.225 e. The van der Waals surface area contributed by atoms with Crippen LogP contribution in [0.4, 0.5) is 0 Å². The number of benzene rings is 2. The lowest BCUT2D eigenvalue weighted by atomic mass is 10.0. The largest absolute Gasteiger partial charge is 0.472 e. The van der Waals surface area contributed by atoms with Crippen LogP contribution < -0.4 is 10.5 Å². The minimum atomic E-state index is -0.149. The maximum absolute atomic E-state index is 6.24. The van der Waals surface area contributed by atoms with Crippen molar-refractivity contribution >= 4 is 10.9 Å². The Morgan fingerprint density at radius 2 is 1.75 bits per heavy atom. The molecule has 0 fully saturated rings. The summed E-state index contributed by atoms with van der Waals surface area (Å²) in [6.07, 6.45) is 3.46. The average Bonchev–Trinajstić information content (AvgIpc) is 2.72. The molecule has 2 heterocycles. The smallest absolute Gasteiger partial charge is 0.225 e. The molecule has 5 heteroatoms. The molecular formula is C23H22N4O. The molecule has 0 amide bonds. The highest BCUT2D eigenvalue weighted by atomic mass is 16.5. The van der Waals surface area contributed by atoms with Gasteiger partial charge in [-0.1, -0.05) is 36.4 Å². The molecule has 0 spiro atoms. The third-order valence-electron chi connectivity index (χ3n) is 4.59. The van der Waals surface area contributed by atoms with E-state index in [1.807, 2.05) is 56.3 Å². The first kappa shape index (κ1) is 18.1. The van der Waals surface area contributed by atoms with Crippen molar-refractivity contribution in [2.24, 2.45) is 5.73 Å². The minimum absolute atomic E-state index is 0.149. The summed E-state index contributed by atoms with van der Waals surface area (Å²) in [6.45, 7) is 4.44. The van der Waals surface area contributed by atoms with Crippen molar-refractivity contribution in [2.75, 3.05) is 0 Å². The number of hydrogen-bond donors (Lipinski definition) is 1. The Kier molecular flexibility index (Phi) is 5.00. The quantitative estimate of drug-likeness (QED) is 0.556. The lowest BCUT2D eigenvalue weighted by molar-refractivity contribution is 0.298. The summed E-state index contributed by atoms with van der Waals surface area (Å²) in [6, 6.07) is 17.8. The molecule has 0 radical (unpaired) electrons. The highest BCUT2D eigenvalue weighted by Crippen LogP contribution is 2.32. The molecule has 140 valence electrons. The Morgan fingerprint density at radius 3 is 2.46 bits per heavy atom. The molecule has 2 aromatic carbocycles. The maximum atomic E-state index is 6.24. The van der Waals surface area contributed by atoms with E-state index in [-0.39, 0.29) is 6.04 Å². The summed E-state index contributed by atoms with van der Waals surface area (Å²) in [7, 11) is 0. The Hall–Kier alpha value is -3.31. The molecule has 2 N–H and O–H groups in total. The molecule has 0 bridgehead atoms. The first-order valence-electron chi connectivity index (χ1n) is 9.27.